The van der Waals surface area contributed by atoms with E-state index in [0.29, 0.717) is 17.8 Å². The molecule has 1 unspecified atom stereocenters. The largest absolute Gasteiger partial charge is 0.367 e. The van der Waals surface area contributed by atoms with Crippen LogP contribution in [0.5, 0.6) is 0 Å². The fourth-order valence-electron chi connectivity index (χ4n) is 2.40. The predicted octanol–water partition coefficient (Wildman–Crippen LogP) is 3.43. The molecule has 4 N–H and O–H groups in total. The highest BCUT2D eigenvalue weighted by Crippen LogP contribution is 2.25. The quantitative estimate of drug-likeness (QED) is 0.526. The molecule has 114 valence electrons. The first-order valence-electron chi connectivity index (χ1n) is 7.56. The van der Waals surface area contributed by atoms with Gasteiger partial charge in [-0.15, -0.1) is 0 Å². The number of aromatic nitrogens is 2. The van der Waals surface area contributed by atoms with Crippen LogP contribution in [0.15, 0.2) is 0 Å². The molecule has 1 heterocycles. The maximum atomic E-state index is 5.56. The summed E-state index contributed by atoms with van der Waals surface area (Å²) in [6.45, 7) is 12.8. The van der Waals surface area contributed by atoms with Crippen molar-refractivity contribution < 1.29 is 0 Å². The Labute approximate surface area is 122 Å². The summed E-state index contributed by atoms with van der Waals surface area (Å²) in [5, 5.41) is 3.54. The minimum absolute atomic E-state index is 0.270. The maximum absolute atomic E-state index is 5.56. The van der Waals surface area contributed by atoms with E-state index in [-0.39, 0.29) is 5.92 Å². The van der Waals surface area contributed by atoms with E-state index in [1.54, 1.807) is 0 Å². The summed E-state index contributed by atoms with van der Waals surface area (Å²) in [6, 6.07) is 0.379. The number of nitrogens with two attached hydrogens (primary N) is 1. The summed E-state index contributed by atoms with van der Waals surface area (Å²) < 4.78 is 0. The highest BCUT2D eigenvalue weighted by atomic mass is 15.3. The summed E-state index contributed by atoms with van der Waals surface area (Å²) in [6.07, 6.45) is 2.32. The SMILES string of the molecule is CCC(CC)C(C)Nc1nc(C(C)C)nc(NN)c1C. The first-order valence-corrected chi connectivity index (χ1v) is 7.56. The van der Waals surface area contributed by atoms with Crippen molar-refractivity contribution in [3.63, 3.8) is 0 Å². The molecule has 0 aliphatic carbocycles. The summed E-state index contributed by atoms with van der Waals surface area (Å²) in [5.74, 6) is 8.86. The van der Waals surface area contributed by atoms with Crippen LogP contribution >= 0.6 is 0 Å². The van der Waals surface area contributed by atoms with Gasteiger partial charge in [-0.05, 0) is 19.8 Å². The number of nitrogen functional groups attached to an aromatic ring is 1. The van der Waals surface area contributed by atoms with Crippen LogP contribution in [0.4, 0.5) is 11.6 Å². The molecule has 1 atom stereocenters. The zero-order valence-electron chi connectivity index (χ0n) is 13.6. The Balaban J connectivity index is 3.07. The summed E-state index contributed by atoms with van der Waals surface area (Å²) in [4.78, 5) is 9.11. The lowest BCUT2D eigenvalue weighted by Gasteiger charge is -2.25. The third-order valence-electron chi connectivity index (χ3n) is 3.94. The normalized spacial score (nSPS) is 12.8. The predicted molar refractivity (Wildman–Crippen MR) is 85.8 cm³/mol. The number of hydrogen-bond donors (Lipinski definition) is 3. The van der Waals surface area contributed by atoms with Gasteiger partial charge in [0.05, 0.1) is 0 Å². The van der Waals surface area contributed by atoms with E-state index in [1.165, 1.54) is 0 Å². The first-order chi connectivity index (χ1) is 9.44. The molecule has 0 aromatic carbocycles. The van der Waals surface area contributed by atoms with Crippen LogP contribution in [0.3, 0.4) is 0 Å². The van der Waals surface area contributed by atoms with Gasteiger partial charge in [-0.3, -0.25) is 0 Å². The van der Waals surface area contributed by atoms with Gasteiger partial charge in [-0.2, -0.15) is 0 Å². The molecular weight excluding hydrogens is 250 g/mol. The summed E-state index contributed by atoms with van der Waals surface area (Å²) in [5.41, 5.74) is 3.64. The number of nitrogens with one attached hydrogen (secondary N) is 2. The van der Waals surface area contributed by atoms with Crippen molar-refractivity contribution >= 4 is 11.6 Å². The van der Waals surface area contributed by atoms with Crippen molar-refractivity contribution in [2.75, 3.05) is 10.7 Å². The van der Waals surface area contributed by atoms with Crippen LogP contribution in [0.1, 0.15) is 64.8 Å². The van der Waals surface area contributed by atoms with Gasteiger partial charge in [-0.1, -0.05) is 40.5 Å². The smallest absolute Gasteiger partial charge is 0.148 e. The summed E-state index contributed by atoms with van der Waals surface area (Å²) in [7, 11) is 0. The highest BCUT2D eigenvalue weighted by molar-refractivity contribution is 5.57. The van der Waals surface area contributed by atoms with Crippen molar-refractivity contribution in [2.45, 2.75) is 66.3 Å². The minimum atomic E-state index is 0.270. The standard InChI is InChI=1S/C15H29N5/c1-7-12(8-2)11(6)17-14-10(5)15(20-16)19-13(18-14)9(3)4/h9,11-12H,7-8,16H2,1-6H3,(H2,17,18,19,20). The van der Waals surface area contributed by atoms with Crippen LogP contribution in [0, 0.1) is 12.8 Å². The maximum Gasteiger partial charge on any atom is 0.148 e. The lowest BCUT2D eigenvalue weighted by molar-refractivity contribution is 0.436. The van der Waals surface area contributed by atoms with Gasteiger partial charge in [-0.25, -0.2) is 15.8 Å². The van der Waals surface area contributed by atoms with E-state index in [1.807, 2.05) is 6.92 Å². The fraction of sp³-hybridized carbons (Fsp3) is 0.733. The Bertz CT molecular complexity index is 427. The van der Waals surface area contributed by atoms with Gasteiger partial charge in [0.2, 0.25) is 0 Å². The number of rotatable bonds is 7. The monoisotopic (exact) mass is 279 g/mol. The molecule has 1 aromatic heterocycles. The van der Waals surface area contributed by atoms with Crippen molar-refractivity contribution in [2.24, 2.45) is 11.8 Å². The topological polar surface area (TPSA) is 75.9 Å². The molecule has 1 rings (SSSR count). The lowest BCUT2D eigenvalue weighted by atomic mass is 9.95. The molecular formula is C15H29N5. The summed E-state index contributed by atoms with van der Waals surface area (Å²) >= 11 is 0. The second kappa shape index (κ2) is 7.43. The number of hydrogen-bond acceptors (Lipinski definition) is 5. The molecule has 0 aliphatic rings. The molecule has 1 aromatic rings. The van der Waals surface area contributed by atoms with Crippen molar-refractivity contribution in [3.8, 4) is 0 Å². The molecule has 0 amide bonds. The first kappa shape index (κ1) is 16.7. The van der Waals surface area contributed by atoms with Crippen LogP contribution in [-0.4, -0.2) is 16.0 Å². The molecule has 0 spiro atoms. The van der Waals surface area contributed by atoms with Gasteiger partial charge < -0.3 is 10.7 Å². The van der Waals surface area contributed by atoms with Crippen molar-refractivity contribution in [1.29, 1.82) is 0 Å². The Morgan fingerprint density at radius 3 is 2.05 bits per heavy atom. The van der Waals surface area contributed by atoms with E-state index in [0.717, 1.165) is 30.0 Å². The van der Waals surface area contributed by atoms with Gasteiger partial charge in [0.25, 0.3) is 0 Å². The molecule has 0 saturated carbocycles. The Kier molecular flexibility index (Phi) is 6.20. The number of anilines is 2. The minimum Gasteiger partial charge on any atom is -0.367 e. The Morgan fingerprint density at radius 1 is 1.05 bits per heavy atom. The van der Waals surface area contributed by atoms with Gasteiger partial charge in [0, 0.05) is 17.5 Å². The van der Waals surface area contributed by atoms with Gasteiger partial charge >= 0.3 is 0 Å². The third-order valence-corrected chi connectivity index (χ3v) is 3.94. The van der Waals surface area contributed by atoms with Crippen molar-refractivity contribution in [1.82, 2.24) is 9.97 Å². The molecule has 0 aliphatic heterocycles. The Hall–Kier alpha value is -1.36. The molecule has 0 bridgehead atoms. The zero-order chi connectivity index (χ0) is 15.3. The second-order valence-electron chi connectivity index (χ2n) is 5.71. The lowest BCUT2D eigenvalue weighted by Crippen LogP contribution is -2.27. The second-order valence-corrected chi connectivity index (χ2v) is 5.71. The number of nitrogens with zero attached hydrogens (tertiary/aromatic N) is 2. The van der Waals surface area contributed by atoms with Crippen LogP contribution < -0.4 is 16.6 Å². The van der Waals surface area contributed by atoms with E-state index in [2.05, 4.69) is 55.3 Å². The molecule has 5 heteroatoms. The van der Waals surface area contributed by atoms with Gasteiger partial charge in [0.1, 0.15) is 17.5 Å². The van der Waals surface area contributed by atoms with E-state index >= 15 is 0 Å². The van der Waals surface area contributed by atoms with Crippen LogP contribution in [0.25, 0.3) is 0 Å². The highest BCUT2D eigenvalue weighted by Gasteiger charge is 2.18. The van der Waals surface area contributed by atoms with E-state index < -0.39 is 0 Å². The van der Waals surface area contributed by atoms with Gasteiger partial charge in [0.15, 0.2) is 0 Å². The average molecular weight is 279 g/mol. The average Bonchev–Trinajstić information content (AvgIpc) is 2.42. The molecule has 20 heavy (non-hydrogen) atoms. The fourth-order valence-corrected chi connectivity index (χ4v) is 2.40. The molecule has 5 nitrogen and oxygen atoms in total. The molecule has 0 saturated heterocycles. The van der Waals surface area contributed by atoms with Crippen LogP contribution in [-0.2, 0) is 0 Å². The molecule has 0 radical (unpaired) electrons. The zero-order valence-corrected chi connectivity index (χ0v) is 13.6. The van der Waals surface area contributed by atoms with E-state index in [9.17, 15) is 0 Å². The van der Waals surface area contributed by atoms with Crippen LogP contribution in [0.2, 0.25) is 0 Å². The van der Waals surface area contributed by atoms with Crippen molar-refractivity contribution in [3.05, 3.63) is 11.4 Å². The Morgan fingerprint density at radius 2 is 1.60 bits per heavy atom. The number of hydrazine groups is 1. The third kappa shape index (κ3) is 3.82. The van der Waals surface area contributed by atoms with E-state index in [4.69, 9.17) is 5.84 Å². The molecule has 0 fully saturated rings.